The van der Waals surface area contributed by atoms with E-state index < -0.39 is 0 Å². The first-order valence-electron chi connectivity index (χ1n) is 8.92. The number of hydrogen-bond donors (Lipinski definition) is 1. The van der Waals surface area contributed by atoms with Crippen LogP contribution in [0.2, 0.25) is 0 Å². The molecule has 0 aliphatic rings. The predicted molar refractivity (Wildman–Crippen MR) is 109 cm³/mol. The lowest BCUT2D eigenvalue weighted by Crippen LogP contribution is -1.98. The van der Waals surface area contributed by atoms with Crippen molar-refractivity contribution in [1.29, 1.82) is 0 Å². The molecule has 0 amide bonds. The third kappa shape index (κ3) is 4.15. The summed E-state index contributed by atoms with van der Waals surface area (Å²) in [6.45, 7) is 4.75. The van der Waals surface area contributed by atoms with Crippen molar-refractivity contribution in [2.24, 2.45) is 0 Å². The van der Waals surface area contributed by atoms with Gasteiger partial charge in [0.15, 0.2) is 0 Å². The Morgan fingerprint density at radius 2 is 1.62 bits per heavy atom. The molecule has 2 heteroatoms. The number of ether oxygens (including phenoxy) is 1. The van der Waals surface area contributed by atoms with Gasteiger partial charge in [-0.15, -0.1) is 0 Å². The molecule has 0 aliphatic carbocycles. The van der Waals surface area contributed by atoms with Gasteiger partial charge in [-0.25, -0.2) is 0 Å². The zero-order valence-electron chi connectivity index (χ0n) is 15.2. The summed E-state index contributed by atoms with van der Waals surface area (Å²) in [7, 11) is 0. The van der Waals surface area contributed by atoms with E-state index in [1.807, 2.05) is 60.7 Å². The Bertz CT molecular complexity index is 880. The van der Waals surface area contributed by atoms with Gasteiger partial charge in [-0.3, -0.25) is 0 Å². The zero-order chi connectivity index (χ0) is 18.4. The van der Waals surface area contributed by atoms with E-state index in [-0.39, 0.29) is 5.75 Å². The van der Waals surface area contributed by atoms with Crippen LogP contribution in [-0.4, -0.2) is 11.7 Å². The van der Waals surface area contributed by atoms with E-state index in [1.54, 1.807) is 6.07 Å². The number of hydrogen-bond acceptors (Lipinski definition) is 2. The van der Waals surface area contributed by atoms with Gasteiger partial charge < -0.3 is 9.84 Å². The Morgan fingerprint density at radius 3 is 2.38 bits per heavy atom. The first-order valence-corrected chi connectivity index (χ1v) is 8.92. The zero-order valence-corrected chi connectivity index (χ0v) is 15.2. The highest BCUT2D eigenvalue weighted by Crippen LogP contribution is 2.41. The maximum atomic E-state index is 10.5. The van der Waals surface area contributed by atoms with E-state index in [0.29, 0.717) is 18.3 Å². The van der Waals surface area contributed by atoms with Crippen molar-refractivity contribution in [2.45, 2.75) is 19.8 Å². The predicted octanol–water partition coefficient (Wildman–Crippen LogP) is 6.27. The largest absolute Gasteiger partial charge is 0.507 e. The van der Waals surface area contributed by atoms with Crippen molar-refractivity contribution in [2.75, 3.05) is 6.61 Å². The molecule has 26 heavy (non-hydrogen) atoms. The second-order valence-corrected chi connectivity index (χ2v) is 6.52. The highest BCUT2D eigenvalue weighted by atomic mass is 16.5. The van der Waals surface area contributed by atoms with Gasteiger partial charge in [-0.05, 0) is 40.8 Å². The minimum Gasteiger partial charge on any atom is -0.507 e. The standard InChI is InChI=1S/C24H24O2/c1-18(2)20-13-6-7-14-21(20)24-22(25)15-8-16-23(24)26-17-9-12-19-10-4-3-5-11-19/h3-16,18,25H,17H2,1-2H3. The smallest absolute Gasteiger partial charge is 0.131 e. The van der Waals surface area contributed by atoms with Crippen LogP contribution in [0, 0.1) is 0 Å². The van der Waals surface area contributed by atoms with Gasteiger partial charge in [-0.2, -0.15) is 0 Å². The Kier molecular flexibility index (Phi) is 5.75. The monoisotopic (exact) mass is 344 g/mol. The van der Waals surface area contributed by atoms with Gasteiger partial charge in [0, 0.05) is 0 Å². The van der Waals surface area contributed by atoms with Crippen molar-refractivity contribution in [1.82, 2.24) is 0 Å². The molecule has 0 aliphatic heterocycles. The summed E-state index contributed by atoms with van der Waals surface area (Å²) in [5, 5.41) is 10.5. The third-order valence-electron chi connectivity index (χ3n) is 4.30. The average molecular weight is 344 g/mol. The number of aromatic hydroxyl groups is 1. The minimum atomic E-state index is 0.239. The van der Waals surface area contributed by atoms with Crippen LogP contribution >= 0.6 is 0 Å². The summed E-state index contributed by atoms with van der Waals surface area (Å²) < 4.78 is 5.98. The van der Waals surface area contributed by atoms with E-state index >= 15 is 0 Å². The normalized spacial score (nSPS) is 11.2. The van der Waals surface area contributed by atoms with Crippen molar-refractivity contribution < 1.29 is 9.84 Å². The molecule has 3 aromatic rings. The maximum Gasteiger partial charge on any atom is 0.131 e. The molecule has 0 radical (unpaired) electrons. The summed E-state index contributed by atoms with van der Waals surface area (Å²) in [6, 6.07) is 23.7. The molecule has 0 saturated heterocycles. The Balaban J connectivity index is 1.86. The molecule has 0 fully saturated rings. The van der Waals surface area contributed by atoms with E-state index in [2.05, 4.69) is 32.0 Å². The minimum absolute atomic E-state index is 0.239. The molecule has 3 aromatic carbocycles. The summed E-state index contributed by atoms with van der Waals surface area (Å²) in [5.74, 6) is 1.29. The third-order valence-corrected chi connectivity index (χ3v) is 4.30. The molecule has 0 bridgehead atoms. The van der Waals surface area contributed by atoms with E-state index in [4.69, 9.17) is 4.74 Å². The molecule has 0 aromatic heterocycles. The van der Waals surface area contributed by atoms with Crippen molar-refractivity contribution >= 4 is 6.08 Å². The molecule has 0 atom stereocenters. The maximum absolute atomic E-state index is 10.5. The molecule has 0 spiro atoms. The number of phenols is 1. The Morgan fingerprint density at radius 1 is 0.885 bits per heavy atom. The van der Waals surface area contributed by atoms with Gasteiger partial charge in [-0.1, -0.05) is 80.6 Å². The van der Waals surface area contributed by atoms with Crippen LogP contribution in [0.1, 0.15) is 30.9 Å². The topological polar surface area (TPSA) is 29.5 Å². The molecule has 0 saturated carbocycles. The number of benzene rings is 3. The van der Waals surface area contributed by atoms with Crippen LogP contribution in [-0.2, 0) is 0 Å². The van der Waals surface area contributed by atoms with Crippen LogP contribution in [0.3, 0.4) is 0 Å². The fourth-order valence-corrected chi connectivity index (χ4v) is 3.02. The van der Waals surface area contributed by atoms with Crippen molar-refractivity contribution in [3.8, 4) is 22.6 Å². The van der Waals surface area contributed by atoms with Crippen LogP contribution in [0.5, 0.6) is 11.5 Å². The molecular formula is C24H24O2. The second-order valence-electron chi connectivity index (χ2n) is 6.52. The molecule has 2 nitrogen and oxygen atoms in total. The highest BCUT2D eigenvalue weighted by Gasteiger charge is 2.16. The first-order chi connectivity index (χ1) is 12.7. The lowest BCUT2D eigenvalue weighted by molar-refractivity contribution is 0.362. The fraction of sp³-hybridized carbons (Fsp3) is 0.167. The van der Waals surface area contributed by atoms with Crippen LogP contribution in [0.15, 0.2) is 78.9 Å². The highest BCUT2D eigenvalue weighted by molar-refractivity contribution is 5.79. The van der Waals surface area contributed by atoms with Crippen LogP contribution in [0.25, 0.3) is 17.2 Å². The molecule has 0 heterocycles. The van der Waals surface area contributed by atoms with Gasteiger partial charge in [0.25, 0.3) is 0 Å². The SMILES string of the molecule is CC(C)c1ccccc1-c1c(O)cccc1OCC=Cc1ccccc1. The lowest BCUT2D eigenvalue weighted by Gasteiger charge is -2.17. The Labute approximate surface area is 155 Å². The summed E-state index contributed by atoms with van der Waals surface area (Å²) in [6.07, 6.45) is 4.02. The van der Waals surface area contributed by atoms with Crippen molar-refractivity contribution in [3.63, 3.8) is 0 Å². The van der Waals surface area contributed by atoms with Gasteiger partial charge in [0.1, 0.15) is 18.1 Å². The van der Waals surface area contributed by atoms with Crippen LogP contribution in [0.4, 0.5) is 0 Å². The molecular weight excluding hydrogens is 320 g/mol. The average Bonchev–Trinajstić information content (AvgIpc) is 2.66. The number of phenolic OH excluding ortho intramolecular Hbond substituents is 1. The van der Waals surface area contributed by atoms with E-state index in [9.17, 15) is 5.11 Å². The molecule has 0 unspecified atom stereocenters. The van der Waals surface area contributed by atoms with Gasteiger partial charge in [0.2, 0.25) is 0 Å². The molecule has 1 N–H and O–H groups in total. The van der Waals surface area contributed by atoms with Crippen LogP contribution < -0.4 is 4.74 Å². The summed E-state index contributed by atoms with van der Waals surface area (Å²) >= 11 is 0. The van der Waals surface area contributed by atoms with E-state index in [1.165, 1.54) is 5.56 Å². The summed E-state index contributed by atoms with van der Waals surface area (Å²) in [4.78, 5) is 0. The number of rotatable bonds is 6. The fourth-order valence-electron chi connectivity index (χ4n) is 3.02. The summed E-state index contributed by atoms with van der Waals surface area (Å²) in [5.41, 5.74) is 4.10. The van der Waals surface area contributed by atoms with Crippen molar-refractivity contribution in [3.05, 3.63) is 90.0 Å². The molecule has 132 valence electrons. The van der Waals surface area contributed by atoms with Gasteiger partial charge in [0.05, 0.1) is 5.56 Å². The second kappa shape index (κ2) is 8.39. The quantitative estimate of drug-likeness (QED) is 0.570. The first kappa shape index (κ1) is 17.8. The van der Waals surface area contributed by atoms with Gasteiger partial charge >= 0.3 is 0 Å². The lowest BCUT2D eigenvalue weighted by atomic mass is 9.92. The molecule has 3 rings (SSSR count). The van der Waals surface area contributed by atoms with E-state index in [0.717, 1.165) is 16.7 Å². The Hall–Kier alpha value is -3.00.